The van der Waals surface area contributed by atoms with Crippen LogP contribution in [0.1, 0.15) is 99.8 Å². The molecule has 0 fully saturated rings. The molecule has 0 amide bonds. The lowest BCUT2D eigenvalue weighted by Crippen LogP contribution is -2.27. The van der Waals surface area contributed by atoms with Crippen molar-refractivity contribution < 1.29 is 4.52 Å². The molecular formula is C23H42NOPS. The van der Waals surface area contributed by atoms with E-state index in [1.165, 1.54) is 22.4 Å². The van der Waals surface area contributed by atoms with Gasteiger partial charge >= 0.3 is 0 Å². The van der Waals surface area contributed by atoms with Crippen LogP contribution in [0.4, 0.5) is 5.69 Å². The fraction of sp³-hybridized carbons (Fsp3) is 0.739. The van der Waals surface area contributed by atoms with Crippen molar-refractivity contribution in [2.24, 2.45) is 0 Å². The Kier molecular flexibility index (Phi) is 6.82. The summed E-state index contributed by atoms with van der Waals surface area (Å²) < 4.78 is 5.95. The molecule has 0 aromatic heterocycles. The van der Waals surface area contributed by atoms with Crippen LogP contribution in [0, 0.1) is 0 Å². The minimum atomic E-state index is -2.27. The summed E-state index contributed by atoms with van der Waals surface area (Å²) in [7, 11) is 1.75. The van der Waals surface area contributed by atoms with Gasteiger partial charge < -0.3 is 9.61 Å². The zero-order valence-corrected chi connectivity index (χ0v) is 21.6. The van der Waals surface area contributed by atoms with Gasteiger partial charge in [-0.05, 0) is 44.7 Å². The van der Waals surface area contributed by atoms with Crippen molar-refractivity contribution >= 4 is 23.9 Å². The molecule has 0 saturated heterocycles. The quantitative estimate of drug-likeness (QED) is 0.514. The van der Waals surface area contributed by atoms with E-state index in [9.17, 15) is 0 Å². The van der Waals surface area contributed by atoms with Gasteiger partial charge in [0.15, 0.2) is 6.42 Å². The van der Waals surface area contributed by atoms with E-state index in [0.29, 0.717) is 0 Å². The molecule has 1 N–H and O–H groups in total. The van der Waals surface area contributed by atoms with Gasteiger partial charge in [-0.25, -0.2) is 0 Å². The maximum atomic E-state index is 6.07. The highest BCUT2D eigenvalue weighted by Gasteiger charge is 2.36. The van der Waals surface area contributed by atoms with E-state index < -0.39 is 6.42 Å². The summed E-state index contributed by atoms with van der Waals surface area (Å²) in [6.45, 7) is 27.0. The summed E-state index contributed by atoms with van der Waals surface area (Å²) in [6, 6.07) is 4.74. The number of hydrogen-bond donors (Lipinski definition) is 1. The van der Waals surface area contributed by atoms with E-state index in [0.717, 1.165) is 0 Å². The van der Waals surface area contributed by atoms with Crippen LogP contribution in [0.25, 0.3) is 0 Å². The fourth-order valence-electron chi connectivity index (χ4n) is 3.01. The Morgan fingerprint density at radius 3 is 1.33 bits per heavy atom. The average molecular weight is 412 g/mol. The highest BCUT2D eigenvalue weighted by atomic mass is 32.4. The summed E-state index contributed by atoms with van der Waals surface area (Å²) in [5.74, 6) is 0. The molecule has 1 aromatic rings. The molecule has 156 valence electrons. The van der Waals surface area contributed by atoms with Crippen molar-refractivity contribution in [3.05, 3.63) is 28.8 Å². The molecule has 0 saturated carbocycles. The molecule has 0 aliphatic carbocycles. The Labute approximate surface area is 174 Å². The minimum absolute atomic E-state index is 0.00458. The van der Waals surface area contributed by atoms with Gasteiger partial charge in [0, 0.05) is 18.0 Å². The lowest BCUT2D eigenvalue weighted by molar-refractivity contribution is 0.442. The first kappa shape index (κ1) is 24.7. The maximum Gasteiger partial charge on any atom is 0.158 e. The molecule has 4 heteroatoms. The second-order valence-corrected chi connectivity index (χ2v) is 16.3. The van der Waals surface area contributed by atoms with Crippen LogP contribution in [0.3, 0.4) is 0 Å². The first-order valence-electron chi connectivity index (χ1n) is 9.88. The summed E-state index contributed by atoms with van der Waals surface area (Å²) >= 11 is 6.07. The average Bonchev–Trinajstić information content (AvgIpc) is 2.42. The van der Waals surface area contributed by atoms with Crippen LogP contribution in [-0.4, -0.2) is 12.3 Å². The van der Waals surface area contributed by atoms with E-state index in [1.54, 1.807) is 7.11 Å². The Morgan fingerprint density at radius 2 is 1.11 bits per heavy atom. The van der Waals surface area contributed by atoms with E-state index in [1.807, 2.05) is 0 Å². The maximum absolute atomic E-state index is 6.07. The normalized spacial score (nSPS) is 16.2. The smallest absolute Gasteiger partial charge is 0.158 e. The summed E-state index contributed by atoms with van der Waals surface area (Å²) in [4.78, 5) is 0. The topological polar surface area (TPSA) is 21.3 Å². The Bertz CT molecular complexity index is 690. The van der Waals surface area contributed by atoms with E-state index in [-0.39, 0.29) is 21.4 Å². The first-order valence-corrected chi connectivity index (χ1v) is 12.6. The van der Waals surface area contributed by atoms with Crippen molar-refractivity contribution in [2.75, 3.05) is 12.2 Å². The molecule has 2 nitrogen and oxygen atoms in total. The van der Waals surface area contributed by atoms with Crippen LogP contribution >= 0.6 is 6.42 Å². The lowest BCUT2D eigenvalue weighted by atomic mass is 9.74. The summed E-state index contributed by atoms with van der Waals surface area (Å²) in [6.07, 6.45) is -2.27. The molecule has 0 radical (unpaired) electrons. The standard InChI is InChI=1S/C23H42NOPS/c1-20(2,3)16-14-17(21(4,5)6)19(18(15-16)22(7,8)9)24-26(27,25-13)23(10,11)12/h14-15H,1-13H3,(H,24,27). The van der Waals surface area contributed by atoms with Crippen LogP contribution in [0.2, 0.25) is 0 Å². The number of benzene rings is 1. The molecule has 0 aliphatic heterocycles. The molecule has 0 bridgehead atoms. The number of anilines is 1. The second-order valence-electron chi connectivity index (χ2n) is 11.7. The molecule has 0 spiro atoms. The third-order valence-electron chi connectivity index (χ3n) is 5.02. The predicted octanol–water partition coefficient (Wildman–Crippen LogP) is 7.75. The summed E-state index contributed by atoms with van der Waals surface area (Å²) in [5.41, 5.74) is 5.24. The van der Waals surface area contributed by atoms with Gasteiger partial charge in [0.05, 0.1) is 0 Å². The van der Waals surface area contributed by atoms with Crippen molar-refractivity contribution in [1.82, 2.24) is 0 Å². The van der Waals surface area contributed by atoms with Crippen LogP contribution in [-0.2, 0) is 32.6 Å². The zero-order chi connectivity index (χ0) is 21.6. The van der Waals surface area contributed by atoms with Gasteiger partial charge in [0.25, 0.3) is 0 Å². The molecule has 1 aromatic carbocycles. The molecule has 1 unspecified atom stereocenters. The molecule has 0 heterocycles. The Balaban J connectivity index is 3.93. The highest BCUT2D eigenvalue weighted by Crippen LogP contribution is 2.59. The van der Waals surface area contributed by atoms with Crippen molar-refractivity contribution in [1.29, 1.82) is 0 Å². The predicted molar refractivity (Wildman–Crippen MR) is 127 cm³/mol. The van der Waals surface area contributed by atoms with Crippen LogP contribution < -0.4 is 5.09 Å². The number of rotatable bonds is 3. The monoisotopic (exact) mass is 411 g/mol. The van der Waals surface area contributed by atoms with Crippen LogP contribution in [0.5, 0.6) is 0 Å². The summed E-state index contributed by atoms with van der Waals surface area (Å²) in [5, 5.41) is 3.64. The SMILES string of the molecule is COP(=S)(Nc1c(C(C)(C)C)cc(C(C)(C)C)cc1C(C)(C)C)C(C)(C)C. The second kappa shape index (κ2) is 7.47. The van der Waals surface area contributed by atoms with Gasteiger partial charge in [-0.15, -0.1) is 0 Å². The van der Waals surface area contributed by atoms with Gasteiger partial charge in [-0.1, -0.05) is 95.2 Å². The molecule has 1 atom stereocenters. The fourth-order valence-corrected chi connectivity index (χ4v) is 4.80. The molecule has 1 rings (SSSR count). The molecular weight excluding hydrogens is 369 g/mol. The first-order chi connectivity index (χ1) is 11.7. The van der Waals surface area contributed by atoms with Gasteiger partial charge in [0.2, 0.25) is 0 Å². The van der Waals surface area contributed by atoms with Gasteiger partial charge in [0.1, 0.15) is 0 Å². The molecule has 27 heavy (non-hydrogen) atoms. The third kappa shape index (κ3) is 5.58. The van der Waals surface area contributed by atoms with Gasteiger partial charge in [-0.2, -0.15) is 0 Å². The number of hydrogen-bond acceptors (Lipinski definition) is 2. The minimum Gasteiger partial charge on any atom is -0.337 e. The van der Waals surface area contributed by atoms with Crippen molar-refractivity contribution in [3.63, 3.8) is 0 Å². The van der Waals surface area contributed by atoms with Crippen molar-refractivity contribution in [2.45, 2.75) is 104 Å². The van der Waals surface area contributed by atoms with E-state index >= 15 is 0 Å². The largest absolute Gasteiger partial charge is 0.337 e. The third-order valence-corrected chi connectivity index (χ3v) is 10.2. The van der Waals surface area contributed by atoms with Crippen LogP contribution in [0.15, 0.2) is 12.1 Å². The van der Waals surface area contributed by atoms with Gasteiger partial charge in [-0.3, -0.25) is 0 Å². The van der Waals surface area contributed by atoms with E-state index in [2.05, 4.69) is 100 Å². The van der Waals surface area contributed by atoms with E-state index in [4.69, 9.17) is 16.3 Å². The Hall–Kier alpha value is -0.370. The Morgan fingerprint density at radius 1 is 0.741 bits per heavy atom. The number of nitrogens with one attached hydrogen (secondary N) is 1. The molecule has 0 aliphatic rings. The van der Waals surface area contributed by atoms with Crippen molar-refractivity contribution in [3.8, 4) is 0 Å². The highest BCUT2D eigenvalue weighted by molar-refractivity contribution is 8.13. The lowest BCUT2D eigenvalue weighted by Gasteiger charge is -2.39. The zero-order valence-electron chi connectivity index (χ0n) is 19.9.